The fraction of sp³-hybridized carbons (Fsp3) is 0. The Morgan fingerprint density at radius 1 is 1.31 bits per heavy atom. The average Bonchev–Trinajstić information content (AvgIpc) is 2.64. The van der Waals surface area contributed by atoms with Crippen LogP contribution in [0.2, 0.25) is 0 Å². The number of rotatable bonds is 2. The molecule has 0 atom stereocenters. The number of phenols is 1. The first-order chi connectivity index (χ1) is 7.59. The number of halogens is 1. The Morgan fingerprint density at radius 3 is 2.56 bits per heavy atom. The highest BCUT2D eigenvalue weighted by Gasteiger charge is 2.13. The van der Waals surface area contributed by atoms with E-state index < -0.39 is 5.97 Å². The third kappa shape index (κ3) is 1.81. The van der Waals surface area contributed by atoms with Gasteiger partial charge in [-0.3, -0.25) is 0 Å². The van der Waals surface area contributed by atoms with Gasteiger partial charge in [-0.1, -0.05) is 0 Å². The zero-order chi connectivity index (χ0) is 11.7. The summed E-state index contributed by atoms with van der Waals surface area (Å²) in [5.74, 6) is -0.745. The molecule has 16 heavy (non-hydrogen) atoms. The number of phenolic OH excluding ortho intramolecular Hbond substituents is 1. The topological polar surface area (TPSA) is 70.7 Å². The molecule has 0 unspecified atom stereocenters. The van der Waals surface area contributed by atoms with E-state index in [0.29, 0.717) is 15.8 Å². The highest BCUT2D eigenvalue weighted by atomic mass is 79.9. The molecule has 0 bridgehead atoms. The summed E-state index contributed by atoms with van der Waals surface area (Å²) < 4.78 is 5.88. The van der Waals surface area contributed by atoms with E-state index in [1.54, 1.807) is 6.07 Å². The molecule has 0 aliphatic rings. The van der Waals surface area contributed by atoms with Crippen molar-refractivity contribution in [1.82, 2.24) is 0 Å². The molecule has 2 aromatic rings. The number of hydrogen-bond acceptors (Lipinski definition) is 3. The van der Waals surface area contributed by atoms with Gasteiger partial charge in [0.25, 0.3) is 0 Å². The number of aromatic hydroxyl groups is 1. The minimum absolute atomic E-state index is 0.0314. The van der Waals surface area contributed by atoms with Crippen LogP contribution in [0.25, 0.3) is 11.3 Å². The van der Waals surface area contributed by atoms with E-state index >= 15 is 0 Å². The summed E-state index contributed by atoms with van der Waals surface area (Å²) in [5.41, 5.74) is 0.478. The van der Waals surface area contributed by atoms with E-state index in [1.165, 1.54) is 24.5 Å². The van der Waals surface area contributed by atoms with Crippen LogP contribution in [0.3, 0.4) is 0 Å². The third-order valence-corrected chi connectivity index (χ3v) is 2.73. The van der Waals surface area contributed by atoms with Crippen molar-refractivity contribution in [1.29, 1.82) is 0 Å². The van der Waals surface area contributed by atoms with Gasteiger partial charge in [-0.25, -0.2) is 4.79 Å². The Kier molecular flexibility index (Phi) is 2.70. The summed E-state index contributed by atoms with van der Waals surface area (Å²) in [4.78, 5) is 10.7. The maximum absolute atomic E-state index is 10.7. The molecule has 0 amide bonds. The molecule has 0 aliphatic carbocycles. The van der Waals surface area contributed by atoms with Gasteiger partial charge >= 0.3 is 5.97 Å². The Balaban J connectivity index is 2.52. The molecule has 1 aromatic carbocycles. The van der Waals surface area contributed by atoms with Gasteiger partial charge in [0.15, 0.2) is 5.76 Å². The van der Waals surface area contributed by atoms with Crippen molar-refractivity contribution >= 4 is 21.9 Å². The maximum Gasteiger partial charge on any atom is 0.335 e. The van der Waals surface area contributed by atoms with Crippen LogP contribution in [0, 0.1) is 0 Å². The predicted octanol–water partition coefficient (Wildman–Crippen LogP) is 3.11. The molecular weight excluding hydrogens is 276 g/mol. The Morgan fingerprint density at radius 2 is 2.06 bits per heavy atom. The van der Waals surface area contributed by atoms with Gasteiger partial charge < -0.3 is 14.6 Å². The van der Waals surface area contributed by atoms with Crippen LogP contribution in [0.4, 0.5) is 0 Å². The zero-order valence-corrected chi connectivity index (χ0v) is 9.56. The molecule has 2 rings (SSSR count). The van der Waals surface area contributed by atoms with Crippen molar-refractivity contribution in [2.24, 2.45) is 0 Å². The second-order valence-corrected chi connectivity index (χ2v) is 3.99. The number of furan rings is 1. The minimum atomic E-state index is -1.08. The van der Waals surface area contributed by atoms with E-state index in [-0.39, 0.29) is 11.3 Å². The van der Waals surface area contributed by atoms with E-state index in [4.69, 9.17) is 9.52 Å². The third-order valence-electron chi connectivity index (χ3n) is 2.11. The van der Waals surface area contributed by atoms with Crippen molar-refractivity contribution < 1.29 is 19.4 Å². The van der Waals surface area contributed by atoms with Crippen LogP contribution in [0.5, 0.6) is 5.75 Å². The van der Waals surface area contributed by atoms with Gasteiger partial charge in [-0.2, -0.15) is 0 Å². The average molecular weight is 283 g/mol. The lowest BCUT2D eigenvalue weighted by molar-refractivity contribution is 0.0696. The van der Waals surface area contributed by atoms with Gasteiger partial charge in [-0.15, -0.1) is 0 Å². The molecule has 1 heterocycles. The lowest BCUT2D eigenvalue weighted by atomic mass is 10.1. The van der Waals surface area contributed by atoms with E-state index in [0.717, 1.165) is 0 Å². The minimum Gasteiger partial charge on any atom is -0.507 e. The highest BCUT2D eigenvalue weighted by Crippen LogP contribution is 2.35. The van der Waals surface area contributed by atoms with Crippen LogP contribution >= 0.6 is 15.9 Å². The molecule has 0 fully saturated rings. The Bertz CT molecular complexity index is 545. The van der Waals surface area contributed by atoms with Crippen LogP contribution in [-0.4, -0.2) is 16.2 Å². The first-order valence-electron chi connectivity index (χ1n) is 4.39. The standard InChI is InChI=1S/C11H7BrO4/c12-8-3-4-16-10(8)7-2-1-6(11(14)15)5-9(7)13/h1-5,13H,(H,14,15). The first-order valence-corrected chi connectivity index (χ1v) is 5.18. The fourth-order valence-electron chi connectivity index (χ4n) is 1.34. The smallest absolute Gasteiger partial charge is 0.335 e. The lowest BCUT2D eigenvalue weighted by Gasteiger charge is -2.03. The number of aromatic carboxylic acids is 1. The van der Waals surface area contributed by atoms with E-state index in [2.05, 4.69) is 15.9 Å². The normalized spacial score (nSPS) is 10.3. The van der Waals surface area contributed by atoms with Crippen LogP contribution < -0.4 is 0 Å². The number of carbonyl (C=O) groups is 1. The van der Waals surface area contributed by atoms with Crippen molar-refractivity contribution in [3.05, 3.63) is 40.6 Å². The largest absolute Gasteiger partial charge is 0.507 e. The summed E-state index contributed by atoms with van der Waals surface area (Å²) in [6.07, 6.45) is 1.48. The zero-order valence-electron chi connectivity index (χ0n) is 7.98. The van der Waals surface area contributed by atoms with E-state index in [9.17, 15) is 9.90 Å². The molecule has 0 spiro atoms. The summed E-state index contributed by atoms with van der Waals surface area (Å²) in [6, 6.07) is 5.79. The molecule has 4 nitrogen and oxygen atoms in total. The second kappa shape index (κ2) is 4.02. The molecule has 0 saturated carbocycles. The molecule has 0 aliphatic heterocycles. The molecule has 82 valence electrons. The molecule has 1 aromatic heterocycles. The van der Waals surface area contributed by atoms with Gasteiger partial charge in [0.05, 0.1) is 21.9 Å². The molecule has 2 N–H and O–H groups in total. The van der Waals surface area contributed by atoms with Crippen LogP contribution in [0.15, 0.2) is 39.4 Å². The van der Waals surface area contributed by atoms with Crippen molar-refractivity contribution in [3.63, 3.8) is 0 Å². The molecular formula is C11H7BrO4. The number of carboxylic acid groups (broad SMARTS) is 1. The predicted molar refractivity (Wildman–Crippen MR) is 60.5 cm³/mol. The summed E-state index contributed by atoms with van der Waals surface area (Å²) in [5, 5.41) is 18.4. The van der Waals surface area contributed by atoms with Crippen molar-refractivity contribution in [3.8, 4) is 17.1 Å². The monoisotopic (exact) mass is 282 g/mol. The van der Waals surface area contributed by atoms with Crippen molar-refractivity contribution in [2.45, 2.75) is 0 Å². The van der Waals surface area contributed by atoms with E-state index in [1.807, 2.05) is 0 Å². The highest BCUT2D eigenvalue weighted by molar-refractivity contribution is 9.10. The Hall–Kier alpha value is -1.75. The fourth-order valence-corrected chi connectivity index (χ4v) is 1.76. The van der Waals surface area contributed by atoms with Crippen molar-refractivity contribution in [2.75, 3.05) is 0 Å². The molecule has 5 heteroatoms. The lowest BCUT2D eigenvalue weighted by Crippen LogP contribution is -1.95. The molecule has 0 radical (unpaired) electrons. The maximum atomic E-state index is 10.7. The van der Waals surface area contributed by atoms with Gasteiger partial charge in [0.2, 0.25) is 0 Å². The Labute approximate surface area is 99.3 Å². The van der Waals surface area contributed by atoms with Gasteiger partial charge in [0, 0.05) is 0 Å². The SMILES string of the molecule is O=C(O)c1ccc(-c2occc2Br)c(O)c1. The number of hydrogen-bond donors (Lipinski definition) is 2. The van der Waals surface area contributed by atoms with Crippen LogP contribution in [0.1, 0.15) is 10.4 Å². The van der Waals surface area contributed by atoms with Crippen LogP contribution in [-0.2, 0) is 0 Å². The summed E-state index contributed by atoms with van der Waals surface area (Å²) in [6.45, 7) is 0. The second-order valence-electron chi connectivity index (χ2n) is 3.13. The quantitative estimate of drug-likeness (QED) is 0.888. The molecule has 0 saturated heterocycles. The summed E-state index contributed by atoms with van der Waals surface area (Å²) >= 11 is 3.26. The number of carboxylic acids is 1. The van der Waals surface area contributed by atoms with Gasteiger partial charge in [0.1, 0.15) is 5.75 Å². The summed E-state index contributed by atoms with van der Waals surface area (Å²) in [7, 11) is 0. The first kappa shape index (κ1) is 10.8. The number of benzene rings is 1. The van der Waals surface area contributed by atoms with Gasteiger partial charge in [-0.05, 0) is 40.2 Å².